The molecule has 0 aliphatic heterocycles. The van der Waals surface area contributed by atoms with Crippen LogP contribution in [0.4, 0.5) is 0 Å². The molecule has 0 aromatic carbocycles. The minimum atomic E-state index is -1.26. The van der Waals surface area contributed by atoms with Crippen LogP contribution in [0.2, 0.25) is 0 Å². The largest absolute Gasteiger partial charge is 0.477 e. The molecular weight excluding hydrogens is 142 g/mol. The van der Waals surface area contributed by atoms with Gasteiger partial charge in [0.25, 0.3) is 0 Å². The number of carbonyl (C=O) groups is 1. The van der Waals surface area contributed by atoms with E-state index in [1.165, 1.54) is 6.07 Å². The molecule has 0 aliphatic rings. The summed E-state index contributed by atoms with van der Waals surface area (Å²) in [5, 5.41) is 15.6. The molecule has 58 valence electrons. The van der Waals surface area contributed by atoms with Crippen LogP contribution in [0.1, 0.15) is 0 Å². The van der Waals surface area contributed by atoms with E-state index in [-0.39, 0.29) is 0 Å². The van der Waals surface area contributed by atoms with Gasteiger partial charge < -0.3 is 5.11 Å². The van der Waals surface area contributed by atoms with Gasteiger partial charge in [0.05, 0.1) is 0 Å². The SMILES string of the molecule is C=C(C#N)C(=O)O.C=CC=C. The predicted molar refractivity (Wildman–Crippen MR) is 42.8 cm³/mol. The minimum absolute atomic E-state index is 0.431. The molecule has 0 radical (unpaired) electrons. The van der Waals surface area contributed by atoms with Gasteiger partial charge in [0.2, 0.25) is 0 Å². The molecular formula is C8H9NO2. The Morgan fingerprint density at radius 2 is 1.82 bits per heavy atom. The Labute approximate surface area is 65.6 Å². The van der Waals surface area contributed by atoms with Crippen molar-refractivity contribution in [2.45, 2.75) is 0 Å². The van der Waals surface area contributed by atoms with Crippen molar-refractivity contribution in [3.8, 4) is 6.07 Å². The van der Waals surface area contributed by atoms with Gasteiger partial charge >= 0.3 is 5.97 Å². The second-order valence-electron chi connectivity index (χ2n) is 1.37. The Kier molecular flexibility index (Phi) is 8.86. The molecule has 0 aromatic rings. The third-order valence-electron chi connectivity index (χ3n) is 0.560. The second-order valence-corrected chi connectivity index (χ2v) is 1.37. The van der Waals surface area contributed by atoms with Gasteiger partial charge in [-0.3, -0.25) is 0 Å². The summed E-state index contributed by atoms with van der Waals surface area (Å²) in [7, 11) is 0. The summed E-state index contributed by atoms with van der Waals surface area (Å²) in [5.41, 5.74) is -0.431. The molecule has 0 aliphatic carbocycles. The van der Waals surface area contributed by atoms with Crippen LogP contribution in [-0.4, -0.2) is 11.1 Å². The molecule has 3 nitrogen and oxygen atoms in total. The molecule has 0 unspecified atom stereocenters. The van der Waals surface area contributed by atoms with Crippen molar-refractivity contribution in [1.29, 1.82) is 5.26 Å². The fourth-order valence-electron chi connectivity index (χ4n) is 0.0478. The van der Waals surface area contributed by atoms with E-state index in [1.54, 1.807) is 12.2 Å². The van der Waals surface area contributed by atoms with Crippen LogP contribution in [0.15, 0.2) is 37.5 Å². The second kappa shape index (κ2) is 8.18. The number of allylic oxidation sites excluding steroid dienone is 2. The van der Waals surface area contributed by atoms with Crippen LogP contribution in [0.25, 0.3) is 0 Å². The number of nitriles is 1. The smallest absolute Gasteiger partial charge is 0.345 e. The first-order valence-electron chi connectivity index (χ1n) is 2.65. The van der Waals surface area contributed by atoms with Crippen LogP contribution in [-0.2, 0) is 4.79 Å². The number of carboxylic acid groups (broad SMARTS) is 1. The van der Waals surface area contributed by atoms with Crippen molar-refractivity contribution < 1.29 is 9.90 Å². The van der Waals surface area contributed by atoms with Crippen molar-refractivity contribution in [2.75, 3.05) is 0 Å². The molecule has 0 heterocycles. The lowest BCUT2D eigenvalue weighted by molar-refractivity contribution is -0.132. The van der Waals surface area contributed by atoms with Gasteiger partial charge in [-0.1, -0.05) is 31.9 Å². The summed E-state index contributed by atoms with van der Waals surface area (Å²) in [6.45, 7) is 9.63. The highest BCUT2D eigenvalue weighted by Gasteiger charge is 1.97. The maximum Gasteiger partial charge on any atom is 0.345 e. The molecule has 0 fully saturated rings. The molecule has 1 N–H and O–H groups in total. The molecule has 0 saturated carbocycles. The standard InChI is InChI=1S/C4H3NO2.C4H6/c1-3(2-5)4(6)7;1-3-4-2/h1H2,(H,6,7);3-4H,1-2H2. The topological polar surface area (TPSA) is 61.1 Å². The van der Waals surface area contributed by atoms with Crippen LogP contribution in [0, 0.1) is 11.3 Å². The average Bonchev–Trinajstić information content (AvgIpc) is 2.03. The van der Waals surface area contributed by atoms with E-state index in [2.05, 4.69) is 19.7 Å². The Bertz CT molecular complexity index is 205. The van der Waals surface area contributed by atoms with Crippen molar-refractivity contribution in [2.24, 2.45) is 0 Å². The summed E-state index contributed by atoms with van der Waals surface area (Å²) in [4.78, 5) is 9.61. The number of hydrogen-bond donors (Lipinski definition) is 1. The molecule has 0 amide bonds. The summed E-state index contributed by atoms with van der Waals surface area (Å²) in [6.07, 6.45) is 3.28. The first kappa shape index (κ1) is 11.9. The summed E-state index contributed by atoms with van der Waals surface area (Å²) in [5.74, 6) is -1.26. The van der Waals surface area contributed by atoms with E-state index in [0.717, 1.165) is 0 Å². The van der Waals surface area contributed by atoms with Gasteiger partial charge in [0, 0.05) is 0 Å². The third kappa shape index (κ3) is 11.6. The highest BCUT2D eigenvalue weighted by molar-refractivity contribution is 5.90. The Morgan fingerprint density at radius 1 is 1.45 bits per heavy atom. The van der Waals surface area contributed by atoms with Crippen LogP contribution >= 0.6 is 0 Å². The van der Waals surface area contributed by atoms with E-state index in [1.807, 2.05) is 0 Å². The van der Waals surface area contributed by atoms with Gasteiger partial charge in [-0.2, -0.15) is 5.26 Å². The zero-order valence-electron chi connectivity index (χ0n) is 6.08. The summed E-state index contributed by atoms with van der Waals surface area (Å²) < 4.78 is 0. The maximum atomic E-state index is 9.61. The lowest BCUT2D eigenvalue weighted by atomic mass is 10.4. The quantitative estimate of drug-likeness (QED) is 0.369. The molecule has 0 bridgehead atoms. The van der Waals surface area contributed by atoms with Gasteiger partial charge in [-0.25, -0.2) is 4.79 Å². The van der Waals surface area contributed by atoms with Crippen LogP contribution < -0.4 is 0 Å². The normalized spacial score (nSPS) is 6.09. The number of aliphatic carboxylic acids is 1. The molecule has 0 spiro atoms. The zero-order chi connectivity index (χ0) is 9.28. The first-order valence-corrected chi connectivity index (χ1v) is 2.65. The molecule has 0 aromatic heterocycles. The summed E-state index contributed by atoms with van der Waals surface area (Å²) in [6, 6.07) is 1.37. The van der Waals surface area contributed by atoms with E-state index in [4.69, 9.17) is 10.4 Å². The van der Waals surface area contributed by atoms with E-state index in [9.17, 15) is 4.79 Å². The lowest BCUT2D eigenvalue weighted by Gasteiger charge is -1.76. The minimum Gasteiger partial charge on any atom is -0.477 e. The Hall–Kier alpha value is -1.82. The first-order chi connectivity index (χ1) is 5.09. The van der Waals surface area contributed by atoms with E-state index < -0.39 is 11.5 Å². The predicted octanol–water partition coefficient (Wildman–Crippen LogP) is 1.51. The van der Waals surface area contributed by atoms with Crippen molar-refractivity contribution in [3.05, 3.63) is 37.5 Å². The van der Waals surface area contributed by atoms with E-state index >= 15 is 0 Å². The average molecular weight is 151 g/mol. The van der Waals surface area contributed by atoms with E-state index in [0.29, 0.717) is 0 Å². The fraction of sp³-hybridized carbons (Fsp3) is 0. The highest BCUT2D eigenvalue weighted by Crippen LogP contribution is 1.81. The monoisotopic (exact) mass is 151 g/mol. The fourth-order valence-corrected chi connectivity index (χ4v) is 0.0478. The van der Waals surface area contributed by atoms with Gasteiger partial charge in [-0.15, -0.1) is 0 Å². The van der Waals surface area contributed by atoms with Crippen molar-refractivity contribution >= 4 is 5.97 Å². The van der Waals surface area contributed by atoms with Gasteiger partial charge in [-0.05, 0) is 0 Å². The summed E-state index contributed by atoms with van der Waals surface area (Å²) >= 11 is 0. The van der Waals surface area contributed by atoms with Gasteiger partial charge in [0.15, 0.2) is 0 Å². The van der Waals surface area contributed by atoms with Crippen molar-refractivity contribution in [1.82, 2.24) is 0 Å². The molecule has 11 heavy (non-hydrogen) atoms. The number of hydrogen-bond acceptors (Lipinski definition) is 2. The molecule has 3 heteroatoms. The number of carboxylic acids is 1. The molecule has 0 atom stereocenters. The molecule has 0 saturated heterocycles. The maximum absolute atomic E-state index is 9.61. The Balaban J connectivity index is 0. The molecule has 0 rings (SSSR count). The zero-order valence-corrected chi connectivity index (χ0v) is 6.08. The van der Waals surface area contributed by atoms with Gasteiger partial charge in [0.1, 0.15) is 11.6 Å². The number of rotatable bonds is 2. The number of nitrogens with zero attached hydrogens (tertiary/aromatic N) is 1. The third-order valence-corrected chi connectivity index (χ3v) is 0.560. The lowest BCUT2D eigenvalue weighted by Crippen LogP contribution is -1.94. The van der Waals surface area contributed by atoms with Crippen LogP contribution in [0.5, 0.6) is 0 Å². The van der Waals surface area contributed by atoms with Crippen LogP contribution in [0.3, 0.4) is 0 Å². The highest BCUT2D eigenvalue weighted by atomic mass is 16.4. The Morgan fingerprint density at radius 3 is 1.82 bits per heavy atom. The van der Waals surface area contributed by atoms with Crippen molar-refractivity contribution in [3.63, 3.8) is 0 Å².